The first kappa shape index (κ1) is 88.4. The van der Waals surface area contributed by atoms with Gasteiger partial charge in [-0.25, -0.2) is 0 Å². The fraction of sp³-hybridized carbons (Fsp3) is 0.155. The molecule has 0 radical (unpaired) electrons. The Kier molecular flexibility index (Phi) is 22.5. The van der Waals surface area contributed by atoms with Crippen molar-refractivity contribution in [1.82, 2.24) is 0 Å². The van der Waals surface area contributed by atoms with E-state index in [0.29, 0.717) is 181 Å². The monoisotopic (exact) mass is 1800 g/mol. The van der Waals surface area contributed by atoms with E-state index in [-0.39, 0.29) is 6.61 Å². The number of ether oxygens (including phenoxy) is 2. The van der Waals surface area contributed by atoms with Crippen LogP contribution in [0.2, 0.25) is 5.02 Å². The minimum Gasteiger partial charge on any atom is -0.496 e. The van der Waals surface area contributed by atoms with Crippen LogP contribution in [0.4, 0.5) is 0 Å². The minimum absolute atomic E-state index is 0.227. The smallest absolute Gasteiger partial charge is 0.237 e. The molecule has 1 N–H and O–H groups in total. The topological polar surface area (TPSA) is 275 Å². The molecule has 0 aliphatic heterocycles. The number of Topliss-reactive ketones (excluding diaryl/α,β-unsaturated/α-hetero) is 10. The van der Waals surface area contributed by atoms with E-state index in [1.165, 1.54) is 0 Å². The molecule has 19 heteroatoms. The molecular weight excluding hydrogens is 1720 g/mol. The Bertz CT molecular complexity index is 8300. The van der Waals surface area contributed by atoms with Gasteiger partial charge in [0, 0.05) is 101 Å². The Labute approximate surface area is 780 Å². The molecular formula is C116H87ClO18. The van der Waals surface area contributed by atoms with Crippen LogP contribution in [0.15, 0.2) is 247 Å². The molecule has 5 aliphatic rings. The largest absolute Gasteiger partial charge is 0.496 e. The second-order valence-corrected chi connectivity index (χ2v) is 35.0. The number of aliphatic hydroxyl groups is 1. The van der Waals surface area contributed by atoms with Crippen molar-refractivity contribution in [2.75, 3.05) is 13.7 Å². The second kappa shape index (κ2) is 34.4. The van der Waals surface area contributed by atoms with Crippen LogP contribution >= 0.6 is 11.6 Å². The molecule has 135 heavy (non-hydrogen) atoms. The Morgan fingerprint density at radius 1 is 0.281 bits per heavy atom. The van der Waals surface area contributed by atoms with Gasteiger partial charge in [0.05, 0.1) is 51.6 Å². The Hall–Kier alpha value is -15.9. The Balaban J connectivity index is 0.000000109. The van der Waals surface area contributed by atoms with Gasteiger partial charge in [-0.05, 0) is 243 Å². The molecule has 23 rings (SSSR count). The van der Waals surface area contributed by atoms with E-state index >= 15 is 0 Å². The van der Waals surface area contributed by atoms with Crippen molar-refractivity contribution in [3.63, 3.8) is 0 Å². The van der Waals surface area contributed by atoms with Crippen molar-refractivity contribution >= 4 is 123 Å². The summed E-state index contributed by atoms with van der Waals surface area (Å²) in [5, 5.41) is 19.0. The zero-order chi connectivity index (χ0) is 95.0. The first-order valence-electron chi connectivity index (χ1n) is 44.5. The SMILES string of the molecule is CCC(O)COc1ccc(-c2oc3c(c2C)C(=O)C(=O)c2c-3ccc3c(C)cccc23)cc1.CCc1oc2c(c1C)C(=O)C(=O)c1c-2ccc2c(C)cccc12.COc1ccccc1-c1oc2c(c1C)C(=O)C(=O)c1c-2ccc2c(C)cccc12.Cc1c(-c2ccccc2Cl)oc2c1C(=O)C(=O)c1c-2ccc2c(C)cccc12.Cc1oc2c(c1C)C(=O)C(=O)c1c-2ccc2c(C)cccc12. The summed E-state index contributed by atoms with van der Waals surface area (Å²) in [4.78, 5) is 129. The highest BCUT2D eigenvalue weighted by Crippen LogP contribution is 2.51. The predicted molar refractivity (Wildman–Crippen MR) is 523 cm³/mol. The van der Waals surface area contributed by atoms with E-state index in [1.807, 2.05) is 282 Å². The van der Waals surface area contributed by atoms with E-state index < -0.39 is 63.9 Å². The number of aliphatic hydroxyl groups excluding tert-OH is 1. The zero-order valence-corrected chi connectivity index (χ0v) is 77.1. The third kappa shape index (κ3) is 14.3. The zero-order valence-electron chi connectivity index (χ0n) is 76.3. The average molecular weight is 1800 g/mol. The van der Waals surface area contributed by atoms with Gasteiger partial charge in [0.15, 0.2) is 0 Å². The average Bonchev–Trinajstić information content (AvgIpc) is 1.59. The van der Waals surface area contributed by atoms with Crippen molar-refractivity contribution in [2.24, 2.45) is 0 Å². The maximum Gasteiger partial charge on any atom is 0.237 e. The molecule has 5 heterocycles. The van der Waals surface area contributed by atoms with E-state index in [4.69, 9.17) is 43.2 Å². The number of rotatable bonds is 9. The number of fused-ring (bicyclic) bond motifs is 25. The van der Waals surface area contributed by atoms with Crippen molar-refractivity contribution in [3.05, 3.63) is 352 Å². The number of methoxy groups -OCH3 is 1. The molecule has 5 aromatic heterocycles. The van der Waals surface area contributed by atoms with Crippen molar-refractivity contribution in [2.45, 2.75) is 109 Å². The van der Waals surface area contributed by atoms with E-state index in [1.54, 1.807) is 39.2 Å². The summed E-state index contributed by atoms with van der Waals surface area (Å²) >= 11 is 6.34. The number of furan rings is 5. The molecule has 666 valence electrons. The standard InChI is InChI=1S/C28H24O5.C25H18O4.C24H15ClO3.C20H16O3.C19H14O3/c1-4-18(29)14-32-19-10-8-17(9-11-19)27-16(3)23-25(30)26(31)24-21-7-5-6-15(2)20(21)12-13-22(24)28(23)33-27;1-13-7-6-9-16-15(13)11-12-18-21(16)23(27)22(26)20-14(2)24(29-25(18)20)17-8-4-5-10-19(17)28-3;1-12-6-5-8-15-14(12)10-11-17-20(15)22(27)21(26)19-13(2)23(28-24(17)19)16-7-3-4-9-18(16)25;1-4-15-11(3)16-18(21)19(22)17-13-7-5-6-10(2)12(13)8-9-14(17)20(16)23-15;1-9-5-4-6-13-12(9)7-8-14-16(13)18(21)17(20)15-10(2)11(3)22-19(14)15/h5-13,18,29H,4,14H2,1-3H3;4-12H,1-3H3;3-11H,1-2H3;5-9H,4H2,1-3H3;4-8H,1-3H3. The van der Waals surface area contributed by atoms with Crippen LogP contribution < -0.4 is 9.47 Å². The van der Waals surface area contributed by atoms with Crippen LogP contribution in [0.3, 0.4) is 0 Å². The minimum atomic E-state index is -0.535. The number of benzene rings is 13. The van der Waals surface area contributed by atoms with Gasteiger partial charge in [-0.2, -0.15) is 0 Å². The number of carbonyl (C=O) groups is 10. The van der Waals surface area contributed by atoms with Crippen LogP contribution in [0.5, 0.6) is 11.5 Å². The van der Waals surface area contributed by atoms with Crippen LogP contribution in [0.1, 0.15) is 191 Å². The molecule has 1 unspecified atom stereocenters. The van der Waals surface area contributed by atoms with Gasteiger partial charge in [0.2, 0.25) is 57.8 Å². The van der Waals surface area contributed by atoms with E-state index in [0.717, 1.165) is 115 Å². The summed E-state index contributed by atoms with van der Waals surface area (Å²) in [7, 11) is 1.59. The van der Waals surface area contributed by atoms with Gasteiger partial charge in [-0.1, -0.05) is 171 Å². The number of para-hydroxylation sites is 1. The lowest BCUT2D eigenvalue weighted by molar-refractivity contribution is 0.0815. The van der Waals surface area contributed by atoms with Crippen molar-refractivity contribution < 1.29 is 84.6 Å². The number of aryl methyl sites for hydroxylation is 7. The van der Waals surface area contributed by atoms with E-state index in [9.17, 15) is 53.1 Å². The van der Waals surface area contributed by atoms with Crippen LogP contribution in [-0.4, -0.2) is 82.8 Å². The molecule has 0 spiro atoms. The Morgan fingerprint density at radius 2 is 0.585 bits per heavy atom. The van der Waals surface area contributed by atoms with E-state index in [2.05, 4.69) is 0 Å². The Morgan fingerprint density at radius 3 is 0.941 bits per heavy atom. The highest BCUT2D eigenvalue weighted by atomic mass is 35.5. The molecule has 18 aromatic rings. The van der Waals surface area contributed by atoms with Crippen LogP contribution in [0, 0.1) is 76.2 Å². The molecule has 5 aliphatic carbocycles. The van der Waals surface area contributed by atoms with Crippen LogP contribution in [-0.2, 0) is 6.42 Å². The fourth-order valence-electron chi connectivity index (χ4n) is 19.5. The van der Waals surface area contributed by atoms with Crippen molar-refractivity contribution in [1.29, 1.82) is 0 Å². The quantitative estimate of drug-likeness (QED) is 0.131. The number of carbonyl (C=O) groups excluding carboxylic acids is 10. The van der Waals surface area contributed by atoms with Gasteiger partial charge >= 0.3 is 0 Å². The van der Waals surface area contributed by atoms with Gasteiger partial charge in [0.25, 0.3) is 0 Å². The van der Waals surface area contributed by atoms with Crippen molar-refractivity contribution in [3.8, 4) is 102 Å². The number of halogens is 1. The number of ketones is 10. The van der Waals surface area contributed by atoms with Gasteiger partial charge in [-0.15, -0.1) is 0 Å². The highest BCUT2D eigenvalue weighted by Gasteiger charge is 2.44. The molecule has 0 bridgehead atoms. The number of hydrogen-bond acceptors (Lipinski definition) is 18. The van der Waals surface area contributed by atoms with Gasteiger partial charge < -0.3 is 36.7 Å². The summed E-state index contributed by atoms with van der Waals surface area (Å²) in [5.41, 5.74) is 18.5. The lowest BCUT2D eigenvalue weighted by Gasteiger charge is -2.16. The summed E-state index contributed by atoms with van der Waals surface area (Å²) in [5.74, 6) is 1.90. The van der Waals surface area contributed by atoms with Gasteiger partial charge in [0.1, 0.15) is 75.7 Å². The maximum atomic E-state index is 13.2. The highest BCUT2D eigenvalue weighted by molar-refractivity contribution is 6.58. The molecule has 13 aromatic carbocycles. The fourth-order valence-corrected chi connectivity index (χ4v) is 19.8. The first-order chi connectivity index (χ1) is 65.0. The molecule has 1 atom stereocenters. The second-order valence-electron chi connectivity index (χ2n) is 34.6. The maximum absolute atomic E-state index is 13.2. The summed E-state index contributed by atoms with van der Waals surface area (Å²) in [6.45, 7) is 25.0. The molecule has 0 amide bonds. The normalized spacial score (nSPS) is 13.2. The molecule has 18 nitrogen and oxygen atoms in total. The van der Waals surface area contributed by atoms with Crippen LogP contribution in [0.25, 0.3) is 144 Å². The third-order valence-electron chi connectivity index (χ3n) is 26.8. The molecule has 0 saturated carbocycles. The molecule has 0 fully saturated rings. The van der Waals surface area contributed by atoms with Gasteiger partial charge in [-0.3, -0.25) is 47.9 Å². The number of hydrogen-bond donors (Lipinski definition) is 1. The summed E-state index contributed by atoms with van der Waals surface area (Å²) in [6.07, 6.45) is 0.813. The lowest BCUT2D eigenvalue weighted by atomic mass is 9.83. The third-order valence-corrected chi connectivity index (χ3v) is 27.1. The lowest BCUT2D eigenvalue weighted by Crippen LogP contribution is -2.21. The summed E-state index contributed by atoms with van der Waals surface area (Å²) < 4.78 is 41.5. The predicted octanol–water partition coefficient (Wildman–Crippen LogP) is 27.2. The molecule has 0 saturated heterocycles. The first-order valence-corrected chi connectivity index (χ1v) is 44.8. The summed E-state index contributed by atoms with van der Waals surface area (Å²) in [6, 6.07) is 70.3.